The lowest BCUT2D eigenvalue weighted by molar-refractivity contribution is -0.384. The summed E-state index contributed by atoms with van der Waals surface area (Å²) in [6.07, 6.45) is 0. The number of ether oxygens (including phenoxy) is 1. The highest BCUT2D eigenvalue weighted by atomic mass is 19.1. The highest BCUT2D eigenvalue weighted by Gasteiger charge is 2.17. The van der Waals surface area contributed by atoms with E-state index in [2.05, 4.69) is 5.32 Å². The highest BCUT2D eigenvalue weighted by molar-refractivity contribution is 5.62. The maximum absolute atomic E-state index is 13.8. The Morgan fingerprint density at radius 3 is 2.57 bits per heavy atom. The lowest BCUT2D eigenvalue weighted by Gasteiger charge is -2.11. The van der Waals surface area contributed by atoms with Gasteiger partial charge >= 0.3 is 0 Å². The van der Waals surface area contributed by atoms with E-state index >= 15 is 0 Å². The van der Waals surface area contributed by atoms with Gasteiger partial charge in [0.25, 0.3) is 5.69 Å². The van der Waals surface area contributed by atoms with Gasteiger partial charge in [0.1, 0.15) is 5.69 Å². The lowest BCUT2D eigenvalue weighted by Crippen LogP contribution is -2.07. The normalized spacial score (nSPS) is 10.4. The van der Waals surface area contributed by atoms with Crippen LogP contribution in [-0.2, 0) is 17.9 Å². The number of halogens is 1. The molecule has 0 saturated heterocycles. The van der Waals surface area contributed by atoms with Crippen molar-refractivity contribution in [2.45, 2.75) is 13.2 Å². The molecule has 0 aliphatic rings. The van der Waals surface area contributed by atoms with Crippen molar-refractivity contribution in [3.8, 4) is 0 Å². The van der Waals surface area contributed by atoms with Gasteiger partial charge in [0.2, 0.25) is 0 Å². The van der Waals surface area contributed by atoms with Gasteiger partial charge in [-0.15, -0.1) is 0 Å². The number of hydrogen-bond acceptors (Lipinski definition) is 4. The van der Waals surface area contributed by atoms with Crippen molar-refractivity contribution in [2.24, 2.45) is 0 Å². The SMILES string of the molecule is COCc1ccccc1CNc1c(F)cccc1[N+](=O)[O-]. The molecule has 0 aliphatic carbocycles. The van der Waals surface area contributed by atoms with Crippen LogP contribution in [0.5, 0.6) is 0 Å². The van der Waals surface area contributed by atoms with E-state index in [1.165, 1.54) is 18.2 Å². The van der Waals surface area contributed by atoms with Gasteiger partial charge in [-0.1, -0.05) is 30.3 Å². The van der Waals surface area contributed by atoms with Crippen LogP contribution in [0.3, 0.4) is 0 Å². The topological polar surface area (TPSA) is 64.4 Å². The zero-order valence-electron chi connectivity index (χ0n) is 11.5. The largest absolute Gasteiger partial charge is 0.380 e. The van der Waals surface area contributed by atoms with Crippen molar-refractivity contribution in [3.63, 3.8) is 0 Å². The van der Waals surface area contributed by atoms with Gasteiger partial charge < -0.3 is 10.1 Å². The van der Waals surface area contributed by atoms with Crippen LogP contribution in [0.4, 0.5) is 15.8 Å². The zero-order chi connectivity index (χ0) is 15.2. The van der Waals surface area contributed by atoms with Gasteiger partial charge in [-0.2, -0.15) is 0 Å². The standard InChI is InChI=1S/C15H15FN2O3/c1-21-10-12-6-3-2-5-11(12)9-17-15-13(16)7-4-8-14(15)18(19)20/h2-8,17H,9-10H2,1H3. The molecule has 6 heteroatoms. The van der Waals surface area contributed by atoms with Crippen molar-refractivity contribution in [1.82, 2.24) is 0 Å². The molecule has 0 spiro atoms. The number of anilines is 1. The van der Waals surface area contributed by atoms with Crippen LogP contribution in [0, 0.1) is 15.9 Å². The van der Waals surface area contributed by atoms with Gasteiger partial charge in [-0.3, -0.25) is 10.1 Å². The summed E-state index contributed by atoms with van der Waals surface area (Å²) in [5.41, 5.74) is 1.47. The first-order chi connectivity index (χ1) is 10.1. The minimum Gasteiger partial charge on any atom is -0.380 e. The highest BCUT2D eigenvalue weighted by Crippen LogP contribution is 2.27. The average Bonchev–Trinajstić information content (AvgIpc) is 2.47. The first-order valence-corrected chi connectivity index (χ1v) is 6.36. The summed E-state index contributed by atoms with van der Waals surface area (Å²) in [6.45, 7) is 0.707. The fourth-order valence-electron chi connectivity index (χ4n) is 2.05. The van der Waals surface area contributed by atoms with Crippen molar-refractivity contribution >= 4 is 11.4 Å². The van der Waals surface area contributed by atoms with E-state index in [1.807, 2.05) is 24.3 Å². The summed E-state index contributed by atoms with van der Waals surface area (Å²) < 4.78 is 18.9. The number of nitro benzene ring substituents is 1. The fourth-order valence-corrected chi connectivity index (χ4v) is 2.05. The Morgan fingerprint density at radius 2 is 1.90 bits per heavy atom. The predicted octanol–water partition coefficient (Wildman–Crippen LogP) is 3.49. The van der Waals surface area contributed by atoms with Gasteiger partial charge in [-0.25, -0.2) is 4.39 Å². The maximum Gasteiger partial charge on any atom is 0.295 e. The monoisotopic (exact) mass is 290 g/mol. The van der Waals surface area contributed by atoms with Crippen LogP contribution in [0.25, 0.3) is 0 Å². The van der Waals surface area contributed by atoms with Gasteiger partial charge in [0.05, 0.1) is 11.5 Å². The van der Waals surface area contributed by atoms with Crippen LogP contribution in [0.2, 0.25) is 0 Å². The molecule has 2 rings (SSSR count). The molecule has 2 aromatic carbocycles. The summed E-state index contributed by atoms with van der Waals surface area (Å²) in [5.74, 6) is -0.645. The molecule has 0 radical (unpaired) electrons. The minimum absolute atomic E-state index is 0.102. The molecule has 0 heterocycles. The molecule has 0 amide bonds. The molecule has 0 bridgehead atoms. The first kappa shape index (κ1) is 14.9. The average molecular weight is 290 g/mol. The third-order valence-corrected chi connectivity index (χ3v) is 3.06. The third kappa shape index (κ3) is 3.55. The van der Waals surface area contributed by atoms with Crippen molar-refractivity contribution in [1.29, 1.82) is 0 Å². The van der Waals surface area contributed by atoms with Crippen molar-refractivity contribution in [3.05, 3.63) is 69.5 Å². The predicted molar refractivity (Wildman–Crippen MR) is 77.5 cm³/mol. The molecule has 0 atom stereocenters. The summed E-state index contributed by atoms with van der Waals surface area (Å²) in [7, 11) is 1.59. The van der Waals surface area contributed by atoms with Gasteiger partial charge in [-0.05, 0) is 17.2 Å². The number of nitrogens with one attached hydrogen (secondary N) is 1. The number of hydrogen-bond donors (Lipinski definition) is 1. The number of benzene rings is 2. The van der Waals surface area contributed by atoms with E-state index in [0.717, 1.165) is 11.1 Å². The zero-order valence-corrected chi connectivity index (χ0v) is 11.5. The molecule has 0 aliphatic heterocycles. The Morgan fingerprint density at radius 1 is 1.19 bits per heavy atom. The summed E-state index contributed by atoms with van der Waals surface area (Å²) in [4.78, 5) is 10.3. The van der Waals surface area contributed by atoms with E-state index in [1.54, 1.807) is 7.11 Å². The molecule has 2 aromatic rings. The van der Waals surface area contributed by atoms with Crippen LogP contribution in [0.15, 0.2) is 42.5 Å². The number of nitrogens with zero attached hydrogens (tertiary/aromatic N) is 1. The molecule has 1 N–H and O–H groups in total. The number of nitro groups is 1. The minimum atomic E-state index is -0.645. The molecule has 0 fully saturated rings. The van der Waals surface area contributed by atoms with Crippen LogP contribution < -0.4 is 5.32 Å². The number of methoxy groups -OCH3 is 1. The fraction of sp³-hybridized carbons (Fsp3) is 0.200. The molecule has 0 unspecified atom stereocenters. The Kier molecular flexibility index (Phi) is 4.84. The molecule has 21 heavy (non-hydrogen) atoms. The van der Waals surface area contributed by atoms with E-state index in [-0.39, 0.29) is 17.9 Å². The second kappa shape index (κ2) is 6.81. The Balaban J connectivity index is 2.23. The lowest BCUT2D eigenvalue weighted by atomic mass is 10.1. The first-order valence-electron chi connectivity index (χ1n) is 6.36. The molecule has 0 aromatic heterocycles. The second-order valence-corrected chi connectivity index (χ2v) is 4.45. The Bertz CT molecular complexity index is 647. The van der Waals surface area contributed by atoms with E-state index in [9.17, 15) is 14.5 Å². The quantitative estimate of drug-likeness (QED) is 0.653. The number of para-hydroxylation sites is 1. The number of rotatable bonds is 6. The van der Waals surface area contributed by atoms with Crippen molar-refractivity contribution < 1.29 is 14.1 Å². The Hall–Kier alpha value is -2.47. The second-order valence-electron chi connectivity index (χ2n) is 4.45. The molecule has 110 valence electrons. The smallest absolute Gasteiger partial charge is 0.295 e. The molecular formula is C15H15FN2O3. The van der Waals surface area contributed by atoms with E-state index in [4.69, 9.17) is 4.74 Å². The molecule has 5 nitrogen and oxygen atoms in total. The Labute approximate surface area is 121 Å². The molecular weight excluding hydrogens is 275 g/mol. The maximum atomic E-state index is 13.8. The van der Waals surface area contributed by atoms with Gasteiger partial charge in [0, 0.05) is 19.7 Å². The summed E-state index contributed by atoms with van der Waals surface area (Å²) in [5, 5.41) is 13.7. The van der Waals surface area contributed by atoms with Crippen LogP contribution in [-0.4, -0.2) is 12.0 Å². The van der Waals surface area contributed by atoms with Crippen LogP contribution in [0.1, 0.15) is 11.1 Å². The third-order valence-electron chi connectivity index (χ3n) is 3.06. The molecule has 0 saturated carbocycles. The summed E-state index contributed by atoms with van der Waals surface area (Å²) >= 11 is 0. The van der Waals surface area contributed by atoms with Gasteiger partial charge in [0.15, 0.2) is 5.82 Å². The van der Waals surface area contributed by atoms with Crippen molar-refractivity contribution in [2.75, 3.05) is 12.4 Å². The summed E-state index contributed by atoms with van der Waals surface area (Å²) in [6, 6.07) is 11.3. The van der Waals surface area contributed by atoms with Crippen LogP contribution >= 0.6 is 0 Å². The van der Waals surface area contributed by atoms with E-state index in [0.29, 0.717) is 6.61 Å². The van der Waals surface area contributed by atoms with E-state index < -0.39 is 10.7 Å².